The van der Waals surface area contributed by atoms with Gasteiger partial charge in [-0.2, -0.15) is 0 Å². The van der Waals surface area contributed by atoms with Crippen molar-refractivity contribution in [3.05, 3.63) is 23.3 Å². The lowest BCUT2D eigenvalue weighted by molar-refractivity contribution is 0.0372. The molecule has 0 radical (unpaired) electrons. The van der Waals surface area contributed by atoms with Crippen LogP contribution in [0.4, 0.5) is 0 Å². The Labute approximate surface area is 86.1 Å². The minimum Gasteiger partial charge on any atom is -0.504 e. The number of esters is 1. The maximum absolute atomic E-state index is 11.4. The standard InChI is InChI=1S/C10H11NO4/c11-4-3-7-5-1-2-6(12)9(13)8(5)10(14)15-7/h1-2,7,12-13H,3-4,11H2. The van der Waals surface area contributed by atoms with E-state index >= 15 is 0 Å². The summed E-state index contributed by atoms with van der Waals surface area (Å²) < 4.78 is 5.02. The maximum atomic E-state index is 11.4. The number of carbonyl (C=O) groups excluding carboxylic acids is 1. The number of ether oxygens (including phenoxy) is 1. The fourth-order valence-electron chi connectivity index (χ4n) is 1.70. The van der Waals surface area contributed by atoms with E-state index in [0.29, 0.717) is 18.5 Å². The van der Waals surface area contributed by atoms with Crippen LogP contribution < -0.4 is 5.73 Å². The summed E-state index contributed by atoms with van der Waals surface area (Å²) in [7, 11) is 0. The summed E-state index contributed by atoms with van der Waals surface area (Å²) in [5, 5.41) is 18.7. The summed E-state index contributed by atoms with van der Waals surface area (Å²) in [4.78, 5) is 11.4. The predicted molar refractivity (Wildman–Crippen MR) is 51.6 cm³/mol. The fourth-order valence-corrected chi connectivity index (χ4v) is 1.70. The molecule has 1 heterocycles. The predicted octanol–water partition coefficient (Wildman–Crippen LogP) is 0.658. The number of rotatable bonds is 2. The summed E-state index contributed by atoms with van der Waals surface area (Å²) >= 11 is 0. The SMILES string of the molecule is NCCC1OC(=O)c2c1ccc(O)c2O. The molecule has 15 heavy (non-hydrogen) atoms. The first kappa shape index (κ1) is 9.79. The van der Waals surface area contributed by atoms with Gasteiger partial charge < -0.3 is 20.7 Å². The normalized spacial score (nSPS) is 18.7. The molecule has 5 nitrogen and oxygen atoms in total. The van der Waals surface area contributed by atoms with Crippen LogP contribution in [-0.4, -0.2) is 22.7 Å². The number of aromatic hydroxyl groups is 2. The zero-order valence-corrected chi connectivity index (χ0v) is 7.93. The largest absolute Gasteiger partial charge is 0.504 e. The third-order valence-electron chi connectivity index (χ3n) is 2.42. The molecule has 1 aromatic rings. The minimum atomic E-state index is -0.614. The van der Waals surface area contributed by atoms with Crippen LogP contribution >= 0.6 is 0 Å². The van der Waals surface area contributed by atoms with E-state index in [-0.39, 0.29) is 11.3 Å². The van der Waals surface area contributed by atoms with E-state index in [1.807, 2.05) is 0 Å². The van der Waals surface area contributed by atoms with Gasteiger partial charge in [0, 0.05) is 12.0 Å². The Morgan fingerprint density at radius 3 is 2.80 bits per heavy atom. The molecule has 0 bridgehead atoms. The van der Waals surface area contributed by atoms with E-state index in [9.17, 15) is 15.0 Å². The van der Waals surface area contributed by atoms with Gasteiger partial charge in [0.25, 0.3) is 0 Å². The molecule has 0 amide bonds. The van der Waals surface area contributed by atoms with E-state index < -0.39 is 17.8 Å². The number of phenols is 2. The molecular formula is C10H11NO4. The molecular weight excluding hydrogens is 198 g/mol. The second-order valence-electron chi connectivity index (χ2n) is 3.37. The van der Waals surface area contributed by atoms with Crippen molar-refractivity contribution in [1.29, 1.82) is 0 Å². The number of cyclic esters (lactones) is 1. The molecule has 1 aliphatic heterocycles. The van der Waals surface area contributed by atoms with Crippen LogP contribution in [0.1, 0.15) is 28.4 Å². The molecule has 80 valence electrons. The third kappa shape index (κ3) is 1.41. The van der Waals surface area contributed by atoms with Crippen LogP contribution in [0, 0.1) is 0 Å². The van der Waals surface area contributed by atoms with Crippen molar-refractivity contribution in [3.8, 4) is 11.5 Å². The van der Waals surface area contributed by atoms with Gasteiger partial charge >= 0.3 is 5.97 Å². The molecule has 0 aliphatic carbocycles. The van der Waals surface area contributed by atoms with Gasteiger partial charge in [0.05, 0.1) is 0 Å². The van der Waals surface area contributed by atoms with E-state index in [1.54, 1.807) is 6.07 Å². The molecule has 2 rings (SSSR count). The maximum Gasteiger partial charge on any atom is 0.343 e. The van der Waals surface area contributed by atoms with Crippen molar-refractivity contribution in [2.24, 2.45) is 5.73 Å². The highest BCUT2D eigenvalue weighted by Gasteiger charge is 2.34. The van der Waals surface area contributed by atoms with Crippen LogP contribution in [0.2, 0.25) is 0 Å². The number of fused-ring (bicyclic) bond motifs is 1. The Kier molecular flexibility index (Phi) is 2.24. The number of phenolic OH excluding ortho intramolecular Hbond substituents is 2. The monoisotopic (exact) mass is 209 g/mol. The Bertz CT molecular complexity index is 416. The van der Waals surface area contributed by atoms with Crippen LogP contribution in [0.25, 0.3) is 0 Å². The van der Waals surface area contributed by atoms with Crippen molar-refractivity contribution in [1.82, 2.24) is 0 Å². The summed E-state index contributed by atoms with van der Waals surface area (Å²) in [5.74, 6) is -1.35. The lowest BCUT2D eigenvalue weighted by Gasteiger charge is -2.08. The zero-order chi connectivity index (χ0) is 11.0. The van der Waals surface area contributed by atoms with E-state index in [2.05, 4.69) is 0 Å². The van der Waals surface area contributed by atoms with Gasteiger partial charge in [0.1, 0.15) is 11.7 Å². The second-order valence-corrected chi connectivity index (χ2v) is 3.37. The van der Waals surface area contributed by atoms with E-state index in [1.165, 1.54) is 6.07 Å². The van der Waals surface area contributed by atoms with Crippen LogP contribution in [-0.2, 0) is 4.74 Å². The van der Waals surface area contributed by atoms with Gasteiger partial charge in [-0.05, 0) is 12.6 Å². The molecule has 1 atom stereocenters. The molecule has 4 N–H and O–H groups in total. The molecule has 0 saturated carbocycles. The van der Waals surface area contributed by atoms with Crippen molar-refractivity contribution in [2.75, 3.05) is 6.54 Å². The average Bonchev–Trinajstić information content (AvgIpc) is 2.51. The molecule has 0 saturated heterocycles. The minimum absolute atomic E-state index is 0.0495. The number of hydrogen-bond acceptors (Lipinski definition) is 5. The van der Waals surface area contributed by atoms with Crippen molar-refractivity contribution < 1.29 is 19.7 Å². The third-order valence-corrected chi connectivity index (χ3v) is 2.42. The first-order valence-electron chi connectivity index (χ1n) is 4.61. The quantitative estimate of drug-likeness (QED) is 0.491. The van der Waals surface area contributed by atoms with Crippen molar-refractivity contribution in [2.45, 2.75) is 12.5 Å². The Morgan fingerprint density at radius 2 is 2.13 bits per heavy atom. The second kappa shape index (κ2) is 3.43. The van der Waals surface area contributed by atoms with Crippen LogP contribution in [0.5, 0.6) is 11.5 Å². The highest BCUT2D eigenvalue weighted by molar-refractivity contribution is 5.97. The first-order valence-corrected chi connectivity index (χ1v) is 4.61. The summed E-state index contributed by atoms with van der Waals surface area (Å²) in [6.45, 7) is 0.388. The smallest absolute Gasteiger partial charge is 0.343 e. The molecule has 0 spiro atoms. The Morgan fingerprint density at radius 1 is 1.40 bits per heavy atom. The molecule has 0 aromatic heterocycles. The van der Waals surface area contributed by atoms with E-state index in [0.717, 1.165) is 0 Å². The molecule has 1 aliphatic rings. The summed E-state index contributed by atoms with van der Waals surface area (Å²) in [6, 6.07) is 2.90. The number of benzene rings is 1. The van der Waals surface area contributed by atoms with Gasteiger partial charge in [-0.25, -0.2) is 4.79 Å². The summed E-state index contributed by atoms with van der Waals surface area (Å²) in [6.07, 6.45) is 0.0900. The van der Waals surface area contributed by atoms with Crippen molar-refractivity contribution >= 4 is 5.97 Å². The Hall–Kier alpha value is -1.75. The molecule has 0 fully saturated rings. The number of carbonyl (C=O) groups is 1. The molecule has 5 heteroatoms. The molecule has 1 unspecified atom stereocenters. The lowest BCUT2D eigenvalue weighted by atomic mass is 10.0. The molecule has 1 aromatic carbocycles. The highest BCUT2D eigenvalue weighted by Crippen LogP contribution is 2.41. The van der Waals surface area contributed by atoms with Gasteiger partial charge in [0.15, 0.2) is 11.5 Å². The van der Waals surface area contributed by atoms with Gasteiger partial charge in [-0.1, -0.05) is 6.07 Å². The van der Waals surface area contributed by atoms with Gasteiger partial charge in [0.2, 0.25) is 0 Å². The zero-order valence-electron chi connectivity index (χ0n) is 7.93. The van der Waals surface area contributed by atoms with Crippen molar-refractivity contribution in [3.63, 3.8) is 0 Å². The topological polar surface area (TPSA) is 92.8 Å². The Balaban J connectivity index is 2.50. The number of hydrogen-bond donors (Lipinski definition) is 3. The van der Waals surface area contributed by atoms with Gasteiger partial charge in [-0.3, -0.25) is 0 Å². The van der Waals surface area contributed by atoms with E-state index in [4.69, 9.17) is 10.5 Å². The number of nitrogens with two attached hydrogens (primary N) is 1. The average molecular weight is 209 g/mol. The van der Waals surface area contributed by atoms with Crippen LogP contribution in [0.3, 0.4) is 0 Å². The summed E-state index contributed by atoms with van der Waals surface area (Å²) in [5.41, 5.74) is 6.01. The van der Waals surface area contributed by atoms with Crippen LogP contribution in [0.15, 0.2) is 12.1 Å². The fraction of sp³-hybridized carbons (Fsp3) is 0.300. The lowest BCUT2D eigenvalue weighted by Crippen LogP contribution is -2.06. The van der Waals surface area contributed by atoms with Gasteiger partial charge in [-0.15, -0.1) is 0 Å². The highest BCUT2D eigenvalue weighted by atomic mass is 16.5. The first-order chi connectivity index (χ1) is 7.15.